The summed E-state index contributed by atoms with van der Waals surface area (Å²) in [5, 5.41) is 64.5. The molecule has 3 aliphatic heterocycles. The quantitative estimate of drug-likeness (QED) is 0.124. The van der Waals surface area contributed by atoms with Crippen LogP contribution < -0.4 is 5.32 Å². The maximum atomic E-state index is 12.2. The molecule has 3 heterocycles. The molecule has 3 aliphatic rings. The topological polar surface area (TPSA) is 241 Å². The van der Waals surface area contributed by atoms with Crippen molar-refractivity contribution in [3.8, 4) is 0 Å². The number of azide groups is 1. The molecular formula is C18H30N6O10. The van der Waals surface area contributed by atoms with E-state index in [4.69, 9.17) is 24.5 Å². The summed E-state index contributed by atoms with van der Waals surface area (Å²) in [4.78, 5) is 14.8. The molecule has 0 aliphatic carbocycles. The largest absolute Gasteiger partial charge is 0.438 e. The lowest BCUT2D eigenvalue weighted by Gasteiger charge is -2.46. The molecule has 16 nitrogen and oxygen atoms in total. The summed E-state index contributed by atoms with van der Waals surface area (Å²) in [7, 11) is 0. The Hall–Kier alpha value is -2.14. The number of rotatable bonds is 9. The summed E-state index contributed by atoms with van der Waals surface area (Å²) in [5.41, 5.74) is 7.31. The molecule has 0 aromatic heterocycles. The van der Waals surface area contributed by atoms with Crippen molar-refractivity contribution in [1.29, 1.82) is 0 Å². The summed E-state index contributed by atoms with van der Waals surface area (Å²) in [6, 6.07) is 0. The van der Waals surface area contributed by atoms with Crippen LogP contribution in [0.2, 0.25) is 0 Å². The monoisotopic (exact) mass is 490 g/mol. The highest BCUT2D eigenvalue weighted by atomic mass is 16.7. The average Bonchev–Trinajstić information content (AvgIpc) is 3.60. The van der Waals surface area contributed by atoms with Gasteiger partial charge in [0.05, 0.1) is 31.9 Å². The van der Waals surface area contributed by atoms with E-state index in [1.54, 1.807) is 6.92 Å². The molecule has 0 saturated carbocycles. The van der Waals surface area contributed by atoms with E-state index < -0.39 is 73.7 Å². The maximum absolute atomic E-state index is 12.2. The van der Waals surface area contributed by atoms with Crippen molar-refractivity contribution >= 4 is 6.09 Å². The van der Waals surface area contributed by atoms with Crippen LogP contribution in [0, 0.1) is 5.92 Å². The first-order valence-corrected chi connectivity index (χ1v) is 10.8. The molecule has 2 fully saturated rings. The Balaban J connectivity index is 1.63. The van der Waals surface area contributed by atoms with Gasteiger partial charge in [0.2, 0.25) is 5.66 Å². The van der Waals surface area contributed by atoms with E-state index in [1.165, 1.54) is 0 Å². The third kappa shape index (κ3) is 5.73. The Morgan fingerprint density at radius 1 is 1.15 bits per heavy atom. The van der Waals surface area contributed by atoms with Crippen molar-refractivity contribution in [1.82, 2.24) is 5.32 Å². The van der Waals surface area contributed by atoms with Gasteiger partial charge in [-0.1, -0.05) is 19.0 Å². The van der Waals surface area contributed by atoms with Gasteiger partial charge in [0.15, 0.2) is 18.7 Å². The molecule has 2 saturated heterocycles. The summed E-state index contributed by atoms with van der Waals surface area (Å²) in [6.45, 7) is 2.60. The number of aliphatic hydroxyl groups is 5. The van der Waals surface area contributed by atoms with E-state index >= 15 is 0 Å². The number of amides is 1. The van der Waals surface area contributed by atoms with Gasteiger partial charge in [0.1, 0.15) is 24.4 Å². The highest BCUT2D eigenvalue weighted by molar-refractivity contribution is 5.67. The van der Waals surface area contributed by atoms with Gasteiger partial charge in [-0.15, -0.1) is 0 Å². The van der Waals surface area contributed by atoms with Crippen LogP contribution in [0.4, 0.5) is 4.79 Å². The number of nitrogens with zero attached hydrogens (tertiary/aromatic N) is 5. The number of carbonyl (C=O) groups excluding carboxylic acids is 1. The Morgan fingerprint density at radius 2 is 1.85 bits per heavy atom. The van der Waals surface area contributed by atoms with Crippen molar-refractivity contribution < 1.29 is 49.3 Å². The lowest BCUT2D eigenvalue weighted by molar-refractivity contribution is -0.348. The number of aliphatic hydroxyl groups excluding tert-OH is 5. The number of hydrogen-bond donors (Lipinski definition) is 6. The number of hydrogen-bond acceptors (Lipinski definition) is 13. The molecular weight excluding hydrogens is 460 g/mol. The maximum Gasteiger partial charge on any atom is 0.407 e. The molecule has 34 heavy (non-hydrogen) atoms. The van der Waals surface area contributed by atoms with Crippen molar-refractivity contribution in [2.75, 3.05) is 19.7 Å². The van der Waals surface area contributed by atoms with Gasteiger partial charge in [0.25, 0.3) is 0 Å². The second kappa shape index (κ2) is 11.1. The van der Waals surface area contributed by atoms with Gasteiger partial charge in [-0.25, -0.2) is 4.79 Å². The Kier molecular flexibility index (Phi) is 8.62. The van der Waals surface area contributed by atoms with Crippen molar-refractivity contribution in [3.63, 3.8) is 0 Å². The number of carbonyl (C=O) groups is 1. The van der Waals surface area contributed by atoms with Gasteiger partial charge in [-0.3, -0.25) is 0 Å². The highest BCUT2D eigenvalue weighted by Gasteiger charge is 2.51. The average molecular weight is 490 g/mol. The molecule has 6 unspecified atom stereocenters. The van der Waals surface area contributed by atoms with E-state index in [2.05, 4.69) is 25.6 Å². The zero-order chi connectivity index (χ0) is 25.0. The Bertz CT molecular complexity index is 789. The van der Waals surface area contributed by atoms with Crippen LogP contribution in [0.25, 0.3) is 10.4 Å². The lowest BCUT2D eigenvalue weighted by atomic mass is 9.89. The molecule has 0 spiro atoms. The van der Waals surface area contributed by atoms with Crippen LogP contribution in [0.5, 0.6) is 0 Å². The van der Waals surface area contributed by atoms with Crippen LogP contribution in [0.15, 0.2) is 15.3 Å². The van der Waals surface area contributed by atoms with E-state index in [9.17, 15) is 30.3 Å². The van der Waals surface area contributed by atoms with Crippen molar-refractivity contribution in [2.45, 2.75) is 81.2 Å². The smallest absolute Gasteiger partial charge is 0.407 e. The predicted molar refractivity (Wildman–Crippen MR) is 109 cm³/mol. The van der Waals surface area contributed by atoms with Gasteiger partial charge < -0.3 is 49.8 Å². The van der Waals surface area contributed by atoms with E-state index in [-0.39, 0.29) is 19.0 Å². The molecule has 0 aromatic rings. The van der Waals surface area contributed by atoms with Crippen LogP contribution in [0.3, 0.4) is 0 Å². The van der Waals surface area contributed by atoms with E-state index in [0.29, 0.717) is 6.42 Å². The molecule has 192 valence electrons. The standard InChI is InChI=1S/C18H30N6O10/c1-3-8-7(2)10(26)11(27)16(32-8)33-13-9(4-25)31-15(29)14(12(13)28)34-17(30)20-5-18(22-23-18)6-21-24-19/h7-16,25-29H,3-6H2,1-2H3,(H,20,30)/t7-,8?,9?,10?,11?,12?,13+,14?,15+,16-/m0/s1. The summed E-state index contributed by atoms with van der Waals surface area (Å²) < 4.78 is 21.7. The molecule has 0 bridgehead atoms. The minimum absolute atomic E-state index is 0.109. The minimum atomic E-state index is -1.81. The minimum Gasteiger partial charge on any atom is -0.438 e. The normalized spacial score (nSPS) is 40.8. The molecule has 10 atom stereocenters. The summed E-state index contributed by atoms with van der Waals surface area (Å²) in [6.07, 6.45) is -12.8. The SMILES string of the molecule is CCC1O[C@@H](O[C@@H]2C(CO)O[C@@H](O)C(OC(=O)NCC3(CN=[N+]=[N-])N=N3)C2O)C(O)C(O)[C@H]1C. The molecule has 3 rings (SSSR count). The first-order chi connectivity index (χ1) is 16.2. The second-order valence-electron chi connectivity index (χ2n) is 8.43. The van der Waals surface area contributed by atoms with Crippen molar-refractivity contribution in [3.05, 3.63) is 10.4 Å². The second-order valence-corrected chi connectivity index (χ2v) is 8.43. The first kappa shape index (κ1) is 26.5. The number of ether oxygens (including phenoxy) is 4. The number of alkyl carbamates (subject to hydrolysis) is 1. The van der Waals surface area contributed by atoms with Crippen LogP contribution >= 0.6 is 0 Å². The first-order valence-electron chi connectivity index (χ1n) is 10.8. The zero-order valence-corrected chi connectivity index (χ0v) is 18.6. The fraction of sp³-hybridized carbons (Fsp3) is 0.944. The molecule has 1 amide bonds. The number of nitrogens with one attached hydrogen (secondary N) is 1. The fourth-order valence-electron chi connectivity index (χ4n) is 3.94. The third-order valence-corrected chi connectivity index (χ3v) is 6.10. The molecule has 0 aromatic carbocycles. The highest BCUT2D eigenvalue weighted by Crippen LogP contribution is 2.32. The van der Waals surface area contributed by atoms with Crippen LogP contribution in [0.1, 0.15) is 20.3 Å². The Labute approximate surface area is 194 Å². The predicted octanol–water partition coefficient (Wildman–Crippen LogP) is -1.50. The van der Waals surface area contributed by atoms with E-state index in [1.807, 2.05) is 6.92 Å². The summed E-state index contributed by atoms with van der Waals surface area (Å²) in [5.74, 6) is -0.380. The van der Waals surface area contributed by atoms with Gasteiger partial charge >= 0.3 is 6.09 Å². The molecule has 6 N–H and O–H groups in total. The van der Waals surface area contributed by atoms with Crippen molar-refractivity contribution in [2.24, 2.45) is 21.3 Å². The third-order valence-electron chi connectivity index (χ3n) is 6.10. The molecule has 0 radical (unpaired) electrons. The van der Waals surface area contributed by atoms with Gasteiger partial charge in [0, 0.05) is 10.8 Å². The fourth-order valence-corrected chi connectivity index (χ4v) is 3.94. The summed E-state index contributed by atoms with van der Waals surface area (Å²) >= 11 is 0. The zero-order valence-electron chi connectivity index (χ0n) is 18.6. The van der Waals surface area contributed by atoms with Gasteiger partial charge in [-0.05, 0) is 12.0 Å². The van der Waals surface area contributed by atoms with Crippen LogP contribution in [-0.2, 0) is 18.9 Å². The lowest BCUT2D eigenvalue weighted by Crippen LogP contribution is -2.64. The molecule has 16 heteroatoms. The van der Waals surface area contributed by atoms with E-state index in [0.717, 1.165) is 0 Å². The van der Waals surface area contributed by atoms with Gasteiger partial charge in [-0.2, -0.15) is 10.2 Å². The Morgan fingerprint density at radius 3 is 2.44 bits per heavy atom. The van der Waals surface area contributed by atoms with Crippen LogP contribution in [-0.4, -0.2) is 112 Å².